The van der Waals surface area contributed by atoms with E-state index in [0.717, 1.165) is 0 Å². The minimum absolute atomic E-state index is 0.562. The lowest BCUT2D eigenvalue weighted by atomic mass is 10.1. The van der Waals surface area contributed by atoms with Crippen molar-refractivity contribution in [1.82, 2.24) is 0 Å². The molecule has 95 valence electrons. The fraction of sp³-hybridized carbons (Fsp3) is 0.0667. The van der Waals surface area contributed by atoms with E-state index in [-0.39, 0.29) is 0 Å². The minimum atomic E-state index is -0.846. The molecule has 4 heteroatoms. The van der Waals surface area contributed by atoms with Crippen LogP contribution in [0.2, 0.25) is 0 Å². The number of urea groups is 1. The number of carbonyl (C=O) groups is 1. The number of para-hydroxylation sites is 1. The van der Waals surface area contributed by atoms with Crippen molar-refractivity contribution < 1.29 is 9.59 Å². The fourth-order valence-corrected chi connectivity index (χ4v) is 1.90. The van der Waals surface area contributed by atoms with Gasteiger partial charge in [0.05, 0.1) is 0 Å². The lowest BCUT2D eigenvalue weighted by molar-refractivity contribution is 0.253. The van der Waals surface area contributed by atoms with Crippen LogP contribution in [0.3, 0.4) is 0 Å². The average molecular weight is 253 g/mol. The van der Waals surface area contributed by atoms with Crippen molar-refractivity contribution in [3.05, 3.63) is 66.2 Å². The Morgan fingerprint density at radius 2 is 1.53 bits per heavy atom. The molecule has 2 aromatic rings. The van der Waals surface area contributed by atoms with Gasteiger partial charge in [-0.3, -0.25) is 9.69 Å². The number of amides is 2. The molecule has 0 saturated heterocycles. The smallest absolute Gasteiger partial charge is 0.320 e. The van der Waals surface area contributed by atoms with Crippen molar-refractivity contribution in [2.75, 3.05) is 4.90 Å². The SMILES string of the molecule is NC(=O)N(c1ccccc1)C([C]=O)c1ccccc1. The zero-order valence-electron chi connectivity index (χ0n) is 10.2. The van der Waals surface area contributed by atoms with E-state index in [4.69, 9.17) is 5.73 Å². The summed E-state index contributed by atoms with van der Waals surface area (Å²) >= 11 is 0. The van der Waals surface area contributed by atoms with Crippen LogP contribution in [0.5, 0.6) is 0 Å². The zero-order valence-corrected chi connectivity index (χ0v) is 10.2. The molecule has 19 heavy (non-hydrogen) atoms. The number of hydrogen-bond acceptors (Lipinski definition) is 2. The molecule has 0 fully saturated rings. The van der Waals surface area contributed by atoms with Crippen LogP contribution < -0.4 is 10.6 Å². The third-order valence-corrected chi connectivity index (χ3v) is 2.76. The Morgan fingerprint density at radius 1 is 1.00 bits per heavy atom. The van der Waals surface area contributed by atoms with Crippen LogP contribution in [0, 0.1) is 0 Å². The van der Waals surface area contributed by atoms with Crippen LogP contribution in [0.15, 0.2) is 60.7 Å². The molecule has 4 nitrogen and oxygen atoms in total. The summed E-state index contributed by atoms with van der Waals surface area (Å²) in [7, 11) is 0. The first-order chi connectivity index (χ1) is 9.24. The number of nitrogens with two attached hydrogens (primary N) is 1. The quantitative estimate of drug-likeness (QED) is 0.909. The first-order valence-electron chi connectivity index (χ1n) is 5.80. The molecule has 0 spiro atoms. The summed E-state index contributed by atoms with van der Waals surface area (Å²) in [6.07, 6.45) is 1.87. The van der Waals surface area contributed by atoms with Gasteiger partial charge in [0.25, 0.3) is 0 Å². The first kappa shape index (κ1) is 12.8. The molecule has 2 aromatic carbocycles. The molecule has 0 saturated carbocycles. The lowest BCUT2D eigenvalue weighted by Crippen LogP contribution is -2.39. The Hall–Kier alpha value is -2.62. The van der Waals surface area contributed by atoms with Crippen LogP contribution in [0.4, 0.5) is 10.5 Å². The van der Waals surface area contributed by atoms with Crippen molar-refractivity contribution in [3.63, 3.8) is 0 Å². The van der Waals surface area contributed by atoms with E-state index in [1.54, 1.807) is 48.5 Å². The number of carbonyl (C=O) groups excluding carboxylic acids is 2. The Morgan fingerprint density at radius 3 is 2.00 bits per heavy atom. The van der Waals surface area contributed by atoms with Gasteiger partial charge >= 0.3 is 6.03 Å². The zero-order chi connectivity index (χ0) is 13.7. The third-order valence-electron chi connectivity index (χ3n) is 2.76. The molecule has 0 aliphatic rings. The Balaban J connectivity index is 2.43. The van der Waals surface area contributed by atoms with Gasteiger partial charge in [-0.25, -0.2) is 4.79 Å². The Bertz CT molecular complexity index is 555. The molecule has 2 amide bonds. The third kappa shape index (κ3) is 2.80. The minimum Gasteiger partial charge on any atom is -0.351 e. The van der Waals surface area contributed by atoms with E-state index in [2.05, 4.69) is 0 Å². The second-order valence-electron chi connectivity index (χ2n) is 3.97. The van der Waals surface area contributed by atoms with E-state index in [1.807, 2.05) is 18.4 Å². The maximum Gasteiger partial charge on any atom is 0.320 e. The molecule has 1 unspecified atom stereocenters. The summed E-state index contributed by atoms with van der Waals surface area (Å²) in [5.41, 5.74) is 6.62. The molecular formula is C15H13N2O2. The normalized spacial score (nSPS) is 11.6. The highest BCUT2D eigenvalue weighted by Gasteiger charge is 2.25. The van der Waals surface area contributed by atoms with Crippen molar-refractivity contribution in [1.29, 1.82) is 0 Å². The van der Waals surface area contributed by atoms with Crippen LogP contribution in [-0.4, -0.2) is 12.3 Å². The highest BCUT2D eigenvalue weighted by atomic mass is 16.2. The molecule has 2 rings (SSSR count). The number of hydrogen-bond donors (Lipinski definition) is 1. The first-order valence-corrected chi connectivity index (χ1v) is 5.80. The second kappa shape index (κ2) is 5.82. The predicted octanol–water partition coefficient (Wildman–Crippen LogP) is 2.42. The van der Waals surface area contributed by atoms with Crippen molar-refractivity contribution >= 4 is 18.0 Å². The maximum atomic E-state index is 11.6. The summed E-state index contributed by atoms with van der Waals surface area (Å²) < 4.78 is 0. The topological polar surface area (TPSA) is 63.4 Å². The van der Waals surface area contributed by atoms with Gasteiger partial charge in [-0.1, -0.05) is 48.5 Å². The van der Waals surface area contributed by atoms with Gasteiger partial charge in [-0.15, -0.1) is 0 Å². The predicted molar refractivity (Wildman–Crippen MR) is 73.4 cm³/mol. The summed E-state index contributed by atoms with van der Waals surface area (Å²) in [6, 6.07) is 16.2. The Kier molecular flexibility index (Phi) is 3.93. The number of rotatable bonds is 4. The van der Waals surface area contributed by atoms with Crippen LogP contribution in [0.1, 0.15) is 11.6 Å². The molecule has 1 atom stereocenters. The molecule has 0 aliphatic heterocycles. The number of anilines is 1. The van der Waals surface area contributed by atoms with E-state index in [9.17, 15) is 9.59 Å². The number of primary amides is 1. The monoisotopic (exact) mass is 253 g/mol. The summed E-state index contributed by atoms with van der Waals surface area (Å²) in [6.45, 7) is 0. The lowest BCUT2D eigenvalue weighted by Gasteiger charge is -2.26. The van der Waals surface area contributed by atoms with Gasteiger partial charge < -0.3 is 5.73 Å². The van der Waals surface area contributed by atoms with Gasteiger partial charge in [0, 0.05) is 5.69 Å². The maximum absolute atomic E-state index is 11.6. The second-order valence-corrected chi connectivity index (χ2v) is 3.97. The largest absolute Gasteiger partial charge is 0.351 e. The van der Waals surface area contributed by atoms with Gasteiger partial charge in [-0.2, -0.15) is 0 Å². The van der Waals surface area contributed by atoms with E-state index in [1.165, 1.54) is 4.90 Å². The van der Waals surface area contributed by atoms with Crippen molar-refractivity contribution in [2.45, 2.75) is 6.04 Å². The standard InChI is InChI=1S/C15H13N2O2/c16-15(19)17(13-9-5-2-6-10-13)14(11-18)12-7-3-1-4-8-12/h1-10,14H,(H2,16,19). The summed E-state index contributed by atoms with van der Waals surface area (Å²) in [5, 5.41) is 0. The van der Waals surface area contributed by atoms with Gasteiger partial charge in [0.15, 0.2) is 0 Å². The molecule has 0 aliphatic carbocycles. The van der Waals surface area contributed by atoms with Crippen LogP contribution in [0.25, 0.3) is 0 Å². The van der Waals surface area contributed by atoms with Gasteiger partial charge in [0.2, 0.25) is 6.29 Å². The van der Waals surface area contributed by atoms with Crippen molar-refractivity contribution in [3.8, 4) is 0 Å². The number of nitrogens with zero attached hydrogens (tertiary/aromatic N) is 1. The average Bonchev–Trinajstić information content (AvgIpc) is 2.46. The Labute approximate surface area is 111 Å². The van der Waals surface area contributed by atoms with E-state index in [0.29, 0.717) is 11.3 Å². The van der Waals surface area contributed by atoms with Crippen LogP contribution in [-0.2, 0) is 4.79 Å². The summed E-state index contributed by atoms with van der Waals surface area (Å²) in [5.74, 6) is 0. The molecular weight excluding hydrogens is 240 g/mol. The molecule has 0 bridgehead atoms. The number of benzene rings is 2. The van der Waals surface area contributed by atoms with Crippen LogP contribution >= 0.6 is 0 Å². The summed E-state index contributed by atoms with van der Waals surface area (Å²) in [4.78, 5) is 24.1. The highest BCUT2D eigenvalue weighted by Crippen LogP contribution is 2.25. The molecule has 1 radical (unpaired) electrons. The highest BCUT2D eigenvalue weighted by molar-refractivity contribution is 5.95. The molecule has 0 aromatic heterocycles. The fourth-order valence-electron chi connectivity index (χ4n) is 1.90. The molecule has 2 N–H and O–H groups in total. The van der Waals surface area contributed by atoms with E-state index >= 15 is 0 Å². The van der Waals surface area contributed by atoms with Gasteiger partial charge in [0.1, 0.15) is 6.04 Å². The van der Waals surface area contributed by atoms with Gasteiger partial charge in [-0.05, 0) is 17.7 Å². The van der Waals surface area contributed by atoms with E-state index < -0.39 is 12.1 Å². The molecule has 0 heterocycles. The van der Waals surface area contributed by atoms with Crippen molar-refractivity contribution in [2.24, 2.45) is 5.73 Å².